The van der Waals surface area contributed by atoms with Crippen LogP contribution in [0.3, 0.4) is 0 Å². The van der Waals surface area contributed by atoms with Crippen LogP contribution >= 0.6 is 11.7 Å². The Hall–Kier alpha value is -2.80. The average molecular weight is 392 g/mol. The lowest BCUT2D eigenvalue weighted by atomic mass is 10.1. The van der Waals surface area contributed by atoms with Gasteiger partial charge in [-0.2, -0.15) is 8.75 Å². The summed E-state index contributed by atoms with van der Waals surface area (Å²) in [6, 6.07) is 15.7. The Morgan fingerprint density at radius 3 is 2.39 bits per heavy atom. The zero-order valence-corrected chi connectivity index (χ0v) is 16.1. The molecule has 2 fully saturated rings. The van der Waals surface area contributed by atoms with Gasteiger partial charge < -0.3 is 9.80 Å². The van der Waals surface area contributed by atoms with E-state index in [2.05, 4.69) is 20.9 Å². The van der Waals surface area contributed by atoms with Crippen LogP contribution in [0.1, 0.15) is 28.3 Å². The number of piperazine rings is 1. The molecule has 2 heterocycles. The molecule has 1 aromatic heterocycles. The number of carbonyl (C=O) groups is 2. The minimum Gasteiger partial charge on any atom is -0.339 e. The lowest BCUT2D eigenvalue weighted by molar-refractivity contribution is -0.134. The van der Waals surface area contributed by atoms with Gasteiger partial charge in [-0.1, -0.05) is 30.3 Å². The van der Waals surface area contributed by atoms with Gasteiger partial charge in [0, 0.05) is 37.7 Å². The molecule has 2 amide bonds. The number of carbonyl (C=O) groups excluding carboxylic acids is 2. The van der Waals surface area contributed by atoms with Crippen molar-refractivity contribution in [3.05, 3.63) is 59.7 Å². The molecule has 28 heavy (non-hydrogen) atoms. The summed E-state index contributed by atoms with van der Waals surface area (Å²) in [5.41, 5.74) is 3.45. The normalized spacial score (nSPS) is 21.7. The molecule has 1 aliphatic carbocycles. The third-order valence-corrected chi connectivity index (χ3v) is 6.27. The molecule has 1 aliphatic heterocycles. The van der Waals surface area contributed by atoms with Crippen LogP contribution in [0.15, 0.2) is 48.5 Å². The molecule has 3 aromatic rings. The van der Waals surface area contributed by atoms with Gasteiger partial charge >= 0.3 is 0 Å². The number of aromatic nitrogens is 2. The largest absolute Gasteiger partial charge is 0.339 e. The topological polar surface area (TPSA) is 66.4 Å². The minimum atomic E-state index is -0.00409. The van der Waals surface area contributed by atoms with Crippen LogP contribution in [-0.2, 0) is 4.79 Å². The van der Waals surface area contributed by atoms with Gasteiger partial charge in [0.1, 0.15) is 11.0 Å². The van der Waals surface area contributed by atoms with Crippen molar-refractivity contribution in [2.75, 3.05) is 26.2 Å². The monoisotopic (exact) mass is 392 g/mol. The summed E-state index contributed by atoms with van der Waals surface area (Å²) >= 11 is 1.15. The molecule has 2 aromatic carbocycles. The average Bonchev–Trinajstić information content (AvgIpc) is 3.42. The Kier molecular flexibility index (Phi) is 4.31. The van der Waals surface area contributed by atoms with Gasteiger partial charge in [-0.05, 0) is 36.1 Å². The van der Waals surface area contributed by atoms with Crippen molar-refractivity contribution in [2.24, 2.45) is 5.92 Å². The molecule has 0 unspecified atom stereocenters. The third kappa shape index (κ3) is 3.16. The van der Waals surface area contributed by atoms with Gasteiger partial charge in [0.25, 0.3) is 5.91 Å². The molecule has 2 aliphatic rings. The van der Waals surface area contributed by atoms with E-state index in [9.17, 15) is 9.59 Å². The fourth-order valence-corrected chi connectivity index (χ4v) is 4.52. The summed E-state index contributed by atoms with van der Waals surface area (Å²) in [5.74, 6) is 0.683. The van der Waals surface area contributed by atoms with Crippen molar-refractivity contribution in [1.82, 2.24) is 18.5 Å². The predicted molar refractivity (Wildman–Crippen MR) is 107 cm³/mol. The van der Waals surface area contributed by atoms with Crippen LogP contribution in [0.5, 0.6) is 0 Å². The Labute approximate surface area is 167 Å². The summed E-state index contributed by atoms with van der Waals surface area (Å²) in [6.07, 6.45) is 0.934. The lowest BCUT2D eigenvalue weighted by Crippen LogP contribution is -2.51. The number of amides is 2. The van der Waals surface area contributed by atoms with Gasteiger partial charge in [-0.15, -0.1) is 0 Å². The molecule has 1 saturated heterocycles. The summed E-state index contributed by atoms with van der Waals surface area (Å²) < 4.78 is 8.38. The molecule has 0 N–H and O–H groups in total. The summed E-state index contributed by atoms with van der Waals surface area (Å²) in [4.78, 5) is 29.4. The highest BCUT2D eigenvalue weighted by atomic mass is 32.1. The van der Waals surface area contributed by atoms with Gasteiger partial charge in [0.15, 0.2) is 0 Å². The third-order valence-electron chi connectivity index (χ3n) is 5.71. The van der Waals surface area contributed by atoms with Crippen LogP contribution in [-0.4, -0.2) is 56.5 Å². The van der Waals surface area contributed by atoms with E-state index >= 15 is 0 Å². The molecular weight excluding hydrogens is 372 g/mol. The molecule has 0 radical (unpaired) electrons. The maximum Gasteiger partial charge on any atom is 0.254 e. The Morgan fingerprint density at radius 2 is 1.61 bits per heavy atom. The maximum atomic E-state index is 12.8. The van der Waals surface area contributed by atoms with E-state index in [1.54, 1.807) is 12.1 Å². The van der Waals surface area contributed by atoms with Gasteiger partial charge in [-0.25, -0.2) is 0 Å². The smallest absolute Gasteiger partial charge is 0.254 e. The summed E-state index contributed by atoms with van der Waals surface area (Å²) in [6.45, 7) is 2.34. The molecule has 142 valence electrons. The number of hydrogen-bond acceptors (Lipinski definition) is 5. The second-order valence-electron chi connectivity index (χ2n) is 7.44. The van der Waals surface area contributed by atoms with Crippen molar-refractivity contribution in [3.8, 4) is 0 Å². The maximum absolute atomic E-state index is 12.8. The Bertz CT molecular complexity index is 1030. The van der Waals surface area contributed by atoms with Crippen molar-refractivity contribution in [2.45, 2.75) is 12.3 Å². The molecule has 1 saturated carbocycles. The molecule has 6 nitrogen and oxygen atoms in total. The SMILES string of the molecule is O=C(c1ccc2nsnc2c1)N1CCN(C(=O)[C@H]2C[C@@H]2c2ccccc2)CC1. The van der Waals surface area contributed by atoms with Gasteiger partial charge in [0.2, 0.25) is 5.91 Å². The summed E-state index contributed by atoms with van der Waals surface area (Å²) in [7, 11) is 0. The van der Waals surface area contributed by atoms with Crippen molar-refractivity contribution < 1.29 is 9.59 Å². The van der Waals surface area contributed by atoms with E-state index in [4.69, 9.17) is 0 Å². The van der Waals surface area contributed by atoms with Gasteiger partial charge in [0.05, 0.1) is 11.7 Å². The number of fused-ring (bicyclic) bond motifs is 1. The van der Waals surface area contributed by atoms with E-state index in [0.29, 0.717) is 37.7 Å². The second kappa shape index (κ2) is 6.98. The zero-order chi connectivity index (χ0) is 19.1. The molecule has 7 heteroatoms. The highest BCUT2D eigenvalue weighted by Gasteiger charge is 2.46. The van der Waals surface area contributed by atoms with Crippen LogP contribution in [0.4, 0.5) is 0 Å². The molecule has 0 spiro atoms. The molecular formula is C21H20N4O2S. The molecule has 0 bridgehead atoms. The zero-order valence-electron chi connectivity index (χ0n) is 15.3. The number of nitrogens with zero attached hydrogens (tertiary/aromatic N) is 4. The quantitative estimate of drug-likeness (QED) is 0.687. The molecule has 2 atom stereocenters. The first kappa shape index (κ1) is 17.3. The van der Waals surface area contributed by atoms with Crippen molar-refractivity contribution in [1.29, 1.82) is 0 Å². The highest BCUT2D eigenvalue weighted by Crippen LogP contribution is 2.48. The first-order valence-corrected chi connectivity index (χ1v) is 10.3. The van der Waals surface area contributed by atoms with Crippen LogP contribution < -0.4 is 0 Å². The second-order valence-corrected chi connectivity index (χ2v) is 7.97. The highest BCUT2D eigenvalue weighted by molar-refractivity contribution is 7.00. The van der Waals surface area contributed by atoms with E-state index in [1.807, 2.05) is 34.1 Å². The lowest BCUT2D eigenvalue weighted by Gasteiger charge is -2.35. The standard InChI is InChI=1S/C21H20N4O2S/c26-20(15-6-7-18-19(12-15)23-28-22-18)24-8-10-25(11-9-24)21(27)17-13-16(17)14-4-2-1-3-5-14/h1-7,12,16-17H,8-11,13H2/t16-,17+/m1/s1. The number of hydrogen-bond donors (Lipinski definition) is 0. The van der Waals surface area contributed by atoms with E-state index in [-0.39, 0.29) is 17.7 Å². The number of benzene rings is 2. The first-order chi connectivity index (χ1) is 13.7. The van der Waals surface area contributed by atoms with Crippen LogP contribution in [0, 0.1) is 5.92 Å². The van der Waals surface area contributed by atoms with Gasteiger partial charge in [-0.3, -0.25) is 9.59 Å². The minimum absolute atomic E-state index is 0.00409. The predicted octanol–water partition coefficient (Wildman–Crippen LogP) is 2.78. The summed E-state index contributed by atoms with van der Waals surface area (Å²) in [5, 5.41) is 0. The van der Waals surface area contributed by atoms with E-state index < -0.39 is 0 Å². The Balaban J connectivity index is 1.19. The van der Waals surface area contributed by atoms with Crippen LogP contribution in [0.2, 0.25) is 0 Å². The fraction of sp³-hybridized carbons (Fsp3) is 0.333. The first-order valence-electron chi connectivity index (χ1n) is 9.56. The number of rotatable bonds is 3. The van der Waals surface area contributed by atoms with Crippen LogP contribution in [0.25, 0.3) is 11.0 Å². The molecule has 5 rings (SSSR count). The van der Waals surface area contributed by atoms with Crippen molar-refractivity contribution >= 4 is 34.6 Å². The Morgan fingerprint density at radius 1 is 0.893 bits per heavy atom. The van der Waals surface area contributed by atoms with E-state index in [0.717, 1.165) is 29.2 Å². The van der Waals surface area contributed by atoms with E-state index in [1.165, 1.54) is 5.56 Å². The van der Waals surface area contributed by atoms with Crippen molar-refractivity contribution in [3.63, 3.8) is 0 Å². The fourth-order valence-electron chi connectivity index (χ4n) is 4.00.